The Morgan fingerprint density at radius 1 is 1.10 bits per heavy atom. The molecule has 2 atom stereocenters. The van der Waals surface area contributed by atoms with Crippen LogP contribution >= 0.6 is 0 Å². The molecule has 0 spiro atoms. The van der Waals surface area contributed by atoms with Crippen molar-refractivity contribution in [3.8, 4) is 0 Å². The number of alkyl halides is 3. The Morgan fingerprint density at radius 2 is 1.75 bits per heavy atom. The largest absolute Gasteiger partial charge is 0.390 e. The second-order valence-electron chi connectivity index (χ2n) is 5.97. The number of hydrogen-bond donors (Lipinski definition) is 1. The first-order chi connectivity index (χ1) is 9.44. The third kappa shape index (κ3) is 6.93. The lowest BCUT2D eigenvalue weighted by Gasteiger charge is -2.37. The van der Waals surface area contributed by atoms with Gasteiger partial charge in [-0.2, -0.15) is 13.2 Å². The van der Waals surface area contributed by atoms with Crippen molar-refractivity contribution in [2.24, 2.45) is 0 Å². The topological polar surface area (TPSA) is 15.3 Å². The molecule has 0 amide bonds. The molecule has 1 aliphatic rings. The maximum Gasteiger partial charge on any atom is 0.390 e. The van der Waals surface area contributed by atoms with Crippen LogP contribution in [0.1, 0.15) is 58.3 Å². The van der Waals surface area contributed by atoms with E-state index in [1.165, 1.54) is 19.3 Å². The number of likely N-dealkylation sites (N-methyl/N-ethyl adjacent to an activating group) is 1. The van der Waals surface area contributed by atoms with E-state index in [1.54, 1.807) is 0 Å². The molecule has 1 N–H and O–H groups in total. The van der Waals surface area contributed by atoms with Crippen molar-refractivity contribution < 1.29 is 13.2 Å². The molecule has 20 heavy (non-hydrogen) atoms. The van der Waals surface area contributed by atoms with Gasteiger partial charge in [0.1, 0.15) is 0 Å². The minimum absolute atomic E-state index is 0.110. The summed E-state index contributed by atoms with van der Waals surface area (Å²) >= 11 is 0. The first-order valence-corrected chi connectivity index (χ1v) is 7.94. The van der Waals surface area contributed by atoms with E-state index in [2.05, 4.69) is 12.2 Å². The van der Waals surface area contributed by atoms with E-state index >= 15 is 0 Å². The second-order valence-corrected chi connectivity index (χ2v) is 5.97. The summed E-state index contributed by atoms with van der Waals surface area (Å²) in [4.78, 5) is 1.92. The molecular weight excluding hydrogens is 265 g/mol. The van der Waals surface area contributed by atoms with Gasteiger partial charge in [0.25, 0.3) is 0 Å². The predicted molar refractivity (Wildman–Crippen MR) is 76.9 cm³/mol. The maximum absolute atomic E-state index is 12.4. The van der Waals surface area contributed by atoms with Crippen molar-refractivity contribution in [1.82, 2.24) is 10.2 Å². The molecule has 120 valence electrons. The number of halogens is 3. The van der Waals surface area contributed by atoms with E-state index in [-0.39, 0.29) is 12.6 Å². The third-order valence-corrected chi connectivity index (χ3v) is 4.20. The molecule has 0 radical (unpaired) electrons. The second kappa shape index (κ2) is 8.88. The molecule has 0 aliphatic heterocycles. The highest BCUT2D eigenvalue weighted by Gasteiger charge is 2.31. The lowest BCUT2D eigenvalue weighted by Crippen LogP contribution is -2.50. The summed E-state index contributed by atoms with van der Waals surface area (Å²) in [6.07, 6.45) is 3.18. The van der Waals surface area contributed by atoms with Crippen molar-refractivity contribution in [3.05, 3.63) is 0 Å². The smallest absolute Gasteiger partial charge is 0.312 e. The number of nitrogens with zero attached hydrogens (tertiary/aromatic N) is 1. The van der Waals surface area contributed by atoms with E-state index in [9.17, 15) is 13.2 Å². The normalized spacial score (nSPS) is 25.5. The highest BCUT2D eigenvalue weighted by atomic mass is 19.4. The summed E-state index contributed by atoms with van der Waals surface area (Å²) in [6, 6.07) is 0.581. The van der Waals surface area contributed by atoms with Gasteiger partial charge in [-0.3, -0.25) is 0 Å². The Hall–Kier alpha value is -0.290. The highest BCUT2D eigenvalue weighted by molar-refractivity contribution is 4.85. The molecule has 1 fully saturated rings. The molecule has 1 saturated carbocycles. The van der Waals surface area contributed by atoms with E-state index in [0.717, 1.165) is 32.2 Å². The maximum atomic E-state index is 12.4. The van der Waals surface area contributed by atoms with Crippen molar-refractivity contribution in [2.45, 2.75) is 76.6 Å². The molecule has 2 unspecified atom stereocenters. The molecule has 0 bridgehead atoms. The fourth-order valence-corrected chi connectivity index (χ4v) is 3.03. The van der Waals surface area contributed by atoms with Gasteiger partial charge in [-0.1, -0.05) is 32.6 Å². The van der Waals surface area contributed by atoms with Crippen LogP contribution in [0.2, 0.25) is 0 Å². The summed E-state index contributed by atoms with van der Waals surface area (Å²) in [5.74, 6) is 0. The zero-order valence-electron chi connectivity index (χ0n) is 12.8. The van der Waals surface area contributed by atoms with Gasteiger partial charge in [-0.25, -0.2) is 0 Å². The number of nitrogens with one attached hydrogen (secondary N) is 1. The van der Waals surface area contributed by atoms with Crippen molar-refractivity contribution in [3.63, 3.8) is 0 Å². The minimum atomic E-state index is -4.05. The Bertz CT molecular complexity index is 254. The van der Waals surface area contributed by atoms with Gasteiger partial charge in [0.15, 0.2) is 0 Å². The zero-order valence-corrected chi connectivity index (χ0v) is 12.8. The van der Waals surface area contributed by atoms with Crippen LogP contribution in [0.5, 0.6) is 0 Å². The van der Waals surface area contributed by atoms with Crippen LogP contribution in [0.25, 0.3) is 0 Å². The Balaban J connectivity index is 2.56. The number of hydrogen-bond acceptors (Lipinski definition) is 2. The van der Waals surface area contributed by atoms with E-state index in [1.807, 2.05) is 11.9 Å². The van der Waals surface area contributed by atoms with Crippen molar-refractivity contribution in [1.29, 1.82) is 0 Å². The van der Waals surface area contributed by atoms with Crippen molar-refractivity contribution in [2.75, 3.05) is 20.1 Å². The van der Waals surface area contributed by atoms with Gasteiger partial charge in [0.05, 0.1) is 6.42 Å². The Morgan fingerprint density at radius 3 is 2.35 bits per heavy atom. The van der Waals surface area contributed by atoms with E-state index in [4.69, 9.17) is 0 Å². The first-order valence-electron chi connectivity index (χ1n) is 7.94. The molecule has 0 heterocycles. The van der Waals surface area contributed by atoms with E-state index in [0.29, 0.717) is 6.04 Å². The monoisotopic (exact) mass is 294 g/mol. The number of rotatable bonds is 6. The van der Waals surface area contributed by atoms with E-state index < -0.39 is 12.6 Å². The Kier molecular flexibility index (Phi) is 7.88. The molecule has 1 aliphatic carbocycles. The molecule has 0 aromatic heterocycles. The summed E-state index contributed by atoms with van der Waals surface area (Å²) in [6.45, 7) is 3.19. The molecule has 0 aromatic rings. The van der Waals surface area contributed by atoms with Crippen LogP contribution in [0.3, 0.4) is 0 Å². The van der Waals surface area contributed by atoms with Gasteiger partial charge in [-0.15, -0.1) is 0 Å². The summed E-state index contributed by atoms with van der Waals surface area (Å²) in [5.41, 5.74) is 0. The van der Waals surface area contributed by atoms with Crippen LogP contribution in [0, 0.1) is 0 Å². The fraction of sp³-hybridized carbons (Fsp3) is 1.00. The molecular formula is C15H29F3N2. The molecule has 0 aromatic carbocycles. The Labute approximate surface area is 121 Å². The average Bonchev–Trinajstić information content (AvgIpc) is 2.34. The lowest BCUT2D eigenvalue weighted by atomic mass is 9.91. The molecule has 0 saturated heterocycles. The quantitative estimate of drug-likeness (QED) is 0.797. The fourth-order valence-electron chi connectivity index (χ4n) is 3.03. The highest BCUT2D eigenvalue weighted by Crippen LogP contribution is 2.24. The lowest BCUT2D eigenvalue weighted by molar-refractivity contribution is -0.138. The van der Waals surface area contributed by atoms with Crippen LogP contribution < -0.4 is 5.32 Å². The predicted octanol–water partition coefficient (Wildman–Crippen LogP) is 3.96. The SMILES string of the molecule is CCCNC1CCCCCCC1N(C)CCC(F)(F)F. The van der Waals surface area contributed by atoms with Gasteiger partial charge >= 0.3 is 6.18 Å². The molecule has 1 rings (SSSR count). The van der Waals surface area contributed by atoms with Crippen LogP contribution in [-0.2, 0) is 0 Å². The standard InChI is InChI=1S/C15H29F3N2/c1-3-11-19-13-8-6-4-5-7-9-14(13)20(2)12-10-15(16,17)18/h13-14,19H,3-12H2,1-2H3. The third-order valence-electron chi connectivity index (χ3n) is 4.20. The summed E-state index contributed by atoms with van der Waals surface area (Å²) in [5, 5.41) is 3.54. The summed E-state index contributed by atoms with van der Waals surface area (Å²) in [7, 11) is 1.85. The summed E-state index contributed by atoms with van der Waals surface area (Å²) < 4.78 is 37.2. The van der Waals surface area contributed by atoms with Gasteiger partial charge in [-0.05, 0) is 32.9 Å². The zero-order chi connectivity index (χ0) is 15.0. The molecule has 5 heteroatoms. The first kappa shape index (κ1) is 17.8. The van der Waals surface area contributed by atoms with Gasteiger partial charge in [0, 0.05) is 18.6 Å². The average molecular weight is 294 g/mol. The van der Waals surface area contributed by atoms with Crippen LogP contribution in [0.4, 0.5) is 13.2 Å². The molecule has 2 nitrogen and oxygen atoms in total. The minimum Gasteiger partial charge on any atom is -0.312 e. The van der Waals surface area contributed by atoms with Gasteiger partial charge in [0.2, 0.25) is 0 Å². The van der Waals surface area contributed by atoms with Crippen molar-refractivity contribution >= 4 is 0 Å². The van der Waals surface area contributed by atoms with Gasteiger partial charge < -0.3 is 10.2 Å². The van der Waals surface area contributed by atoms with Crippen LogP contribution in [-0.4, -0.2) is 43.3 Å². The van der Waals surface area contributed by atoms with Crippen LogP contribution in [0.15, 0.2) is 0 Å².